The second-order valence-corrected chi connectivity index (χ2v) is 9.07. The van der Waals surface area contributed by atoms with Gasteiger partial charge in [-0.1, -0.05) is 6.92 Å². The van der Waals surface area contributed by atoms with Gasteiger partial charge in [0.15, 0.2) is 5.65 Å². The van der Waals surface area contributed by atoms with Crippen molar-refractivity contribution in [1.29, 1.82) is 0 Å². The lowest BCUT2D eigenvalue weighted by Gasteiger charge is -2.30. The van der Waals surface area contributed by atoms with Crippen molar-refractivity contribution in [2.24, 2.45) is 11.8 Å². The van der Waals surface area contributed by atoms with Gasteiger partial charge in [0.1, 0.15) is 0 Å². The van der Waals surface area contributed by atoms with Crippen LogP contribution >= 0.6 is 0 Å². The minimum Gasteiger partial charge on any atom is -0.334 e. The minimum atomic E-state index is 0.0151. The van der Waals surface area contributed by atoms with Gasteiger partial charge >= 0.3 is 0 Å². The maximum absolute atomic E-state index is 13.0. The van der Waals surface area contributed by atoms with Crippen molar-refractivity contribution in [3.05, 3.63) is 33.4 Å². The summed E-state index contributed by atoms with van der Waals surface area (Å²) in [7, 11) is 0. The van der Waals surface area contributed by atoms with Crippen LogP contribution in [0.1, 0.15) is 63.0 Å². The molecule has 0 unspecified atom stereocenters. The van der Waals surface area contributed by atoms with E-state index in [1.807, 2.05) is 11.0 Å². The SMILES string of the molecule is CC(C)N1CCc2c(nc3cc([C@H]4CCCN4C(=O)[C@H]4C[C@@H]4C)[nH]n3c2=O)C1. The zero-order chi connectivity index (χ0) is 19.6. The molecule has 2 aromatic rings. The van der Waals surface area contributed by atoms with E-state index in [-0.39, 0.29) is 23.4 Å². The van der Waals surface area contributed by atoms with E-state index in [9.17, 15) is 9.59 Å². The molecule has 2 fully saturated rings. The molecule has 1 aliphatic carbocycles. The van der Waals surface area contributed by atoms with Crippen LogP contribution in [0.3, 0.4) is 0 Å². The number of carbonyl (C=O) groups excluding carboxylic acids is 1. The molecule has 1 saturated carbocycles. The van der Waals surface area contributed by atoms with Crippen molar-refractivity contribution in [2.45, 2.75) is 65.1 Å². The van der Waals surface area contributed by atoms with Crippen LogP contribution in [-0.2, 0) is 17.8 Å². The van der Waals surface area contributed by atoms with E-state index in [1.165, 1.54) is 0 Å². The van der Waals surface area contributed by atoms with E-state index in [0.717, 1.165) is 62.3 Å². The minimum absolute atomic E-state index is 0.0151. The van der Waals surface area contributed by atoms with E-state index in [4.69, 9.17) is 4.98 Å². The molecule has 1 amide bonds. The number of H-pyrrole nitrogens is 1. The highest BCUT2D eigenvalue weighted by atomic mass is 16.2. The van der Waals surface area contributed by atoms with Crippen LogP contribution in [0.4, 0.5) is 0 Å². The highest BCUT2D eigenvalue weighted by Gasteiger charge is 2.44. The number of nitrogens with zero attached hydrogens (tertiary/aromatic N) is 4. The van der Waals surface area contributed by atoms with Crippen LogP contribution in [0.15, 0.2) is 10.9 Å². The lowest BCUT2D eigenvalue weighted by atomic mass is 10.1. The fraction of sp³-hybridized carbons (Fsp3) is 0.667. The number of hydrogen-bond donors (Lipinski definition) is 1. The first-order valence-electron chi connectivity index (χ1n) is 10.6. The van der Waals surface area contributed by atoms with Gasteiger partial charge in [-0.3, -0.25) is 19.6 Å². The first kappa shape index (κ1) is 17.9. The van der Waals surface area contributed by atoms with Gasteiger partial charge in [-0.05, 0) is 45.4 Å². The summed E-state index contributed by atoms with van der Waals surface area (Å²) in [5.41, 5.74) is 3.35. The Morgan fingerprint density at radius 1 is 1.32 bits per heavy atom. The van der Waals surface area contributed by atoms with E-state index < -0.39 is 0 Å². The van der Waals surface area contributed by atoms with E-state index in [0.29, 0.717) is 17.6 Å². The maximum Gasteiger partial charge on any atom is 0.276 e. The molecule has 4 heterocycles. The standard InChI is InChI=1S/C21H29N5O2/c1-12(2)24-8-6-14-17(11-24)22-19-10-16(23-26(19)21(14)28)18-5-4-7-25(18)20(27)15-9-13(15)3/h10,12-13,15,18,23H,4-9,11H2,1-3H3/t13-,15-,18+/m0/s1. The molecule has 1 N–H and O–H groups in total. The van der Waals surface area contributed by atoms with Crippen molar-refractivity contribution in [2.75, 3.05) is 13.1 Å². The lowest BCUT2D eigenvalue weighted by molar-refractivity contribution is -0.133. The van der Waals surface area contributed by atoms with Crippen LogP contribution in [0.25, 0.3) is 5.65 Å². The first-order chi connectivity index (χ1) is 13.4. The third-order valence-corrected chi connectivity index (χ3v) is 6.87. The molecular weight excluding hydrogens is 354 g/mol. The molecule has 0 aromatic carbocycles. The molecule has 1 saturated heterocycles. The molecule has 3 atom stereocenters. The predicted octanol–water partition coefficient (Wildman–Crippen LogP) is 2.11. The summed E-state index contributed by atoms with van der Waals surface area (Å²) in [6, 6.07) is 2.45. The number of amides is 1. The van der Waals surface area contributed by atoms with Crippen molar-refractivity contribution in [3.8, 4) is 0 Å². The lowest BCUT2D eigenvalue weighted by Crippen LogP contribution is -2.39. The Balaban J connectivity index is 1.49. The topological polar surface area (TPSA) is 73.7 Å². The molecule has 0 spiro atoms. The molecule has 7 heteroatoms. The number of nitrogens with one attached hydrogen (secondary N) is 1. The summed E-state index contributed by atoms with van der Waals surface area (Å²) >= 11 is 0. The highest BCUT2D eigenvalue weighted by molar-refractivity contribution is 5.82. The summed E-state index contributed by atoms with van der Waals surface area (Å²) < 4.78 is 1.58. The number of aromatic nitrogens is 3. The largest absolute Gasteiger partial charge is 0.334 e. The molecule has 150 valence electrons. The highest BCUT2D eigenvalue weighted by Crippen LogP contribution is 2.43. The van der Waals surface area contributed by atoms with Gasteiger partial charge < -0.3 is 4.90 Å². The van der Waals surface area contributed by atoms with Gasteiger partial charge in [-0.2, -0.15) is 0 Å². The molecule has 7 nitrogen and oxygen atoms in total. The van der Waals surface area contributed by atoms with Crippen molar-refractivity contribution < 1.29 is 4.79 Å². The van der Waals surface area contributed by atoms with Gasteiger partial charge in [0.2, 0.25) is 5.91 Å². The summed E-state index contributed by atoms with van der Waals surface area (Å²) in [5, 5.41) is 3.28. The smallest absolute Gasteiger partial charge is 0.276 e. The summed E-state index contributed by atoms with van der Waals surface area (Å²) in [6.45, 7) is 8.93. The molecule has 0 bridgehead atoms. The second kappa shape index (κ2) is 6.44. The van der Waals surface area contributed by atoms with Crippen LogP contribution in [-0.4, -0.2) is 49.4 Å². The Bertz CT molecular complexity index is 991. The predicted molar refractivity (Wildman–Crippen MR) is 106 cm³/mol. The van der Waals surface area contributed by atoms with Gasteiger partial charge in [-0.25, -0.2) is 9.50 Å². The second-order valence-electron chi connectivity index (χ2n) is 9.07. The third kappa shape index (κ3) is 2.79. The van der Waals surface area contributed by atoms with Crippen molar-refractivity contribution >= 4 is 11.6 Å². The van der Waals surface area contributed by atoms with E-state index in [2.05, 4.69) is 30.8 Å². The van der Waals surface area contributed by atoms with Crippen molar-refractivity contribution in [1.82, 2.24) is 24.4 Å². The van der Waals surface area contributed by atoms with Crippen LogP contribution < -0.4 is 5.56 Å². The molecule has 0 radical (unpaired) electrons. The monoisotopic (exact) mass is 383 g/mol. The summed E-state index contributed by atoms with van der Waals surface area (Å²) in [5.74, 6) is 0.984. The van der Waals surface area contributed by atoms with Crippen LogP contribution in [0.2, 0.25) is 0 Å². The Morgan fingerprint density at radius 2 is 2.11 bits per heavy atom. The maximum atomic E-state index is 13.0. The van der Waals surface area contributed by atoms with Crippen molar-refractivity contribution in [3.63, 3.8) is 0 Å². The summed E-state index contributed by atoms with van der Waals surface area (Å²) in [4.78, 5) is 35.1. The number of likely N-dealkylation sites (tertiary alicyclic amines) is 1. The molecule has 3 aliphatic rings. The van der Waals surface area contributed by atoms with Gasteiger partial charge in [0, 0.05) is 43.2 Å². The average molecular weight is 383 g/mol. The Kier molecular flexibility index (Phi) is 4.12. The molecule has 2 aliphatic heterocycles. The molecular formula is C21H29N5O2. The van der Waals surface area contributed by atoms with E-state index >= 15 is 0 Å². The Hall–Kier alpha value is -2.15. The average Bonchev–Trinajstić information content (AvgIpc) is 3.08. The van der Waals surface area contributed by atoms with Gasteiger partial charge in [-0.15, -0.1) is 0 Å². The van der Waals surface area contributed by atoms with Crippen LogP contribution in [0.5, 0.6) is 0 Å². The molecule has 2 aromatic heterocycles. The fourth-order valence-electron chi connectivity index (χ4n) is 4.88. The number of aromatic amines is 1. The Morgan fingerprint density at radius 3 is 2.82 bits per heavy atom. The number of rotatable bonds is 3. The van der Waals surface area contributed by atoms with Gasteiger partial charge in [0.25, 0.3) is 5.56 Å². The third-order valence-electron chi connectivity index (χ3n) is 6.87. The normalized spacial score (nSPS) is 27.6. The summed E-state index contributed by atoms with van der Waals surface area (Å²) in [6.07, 6.45) is 3.70. The number of hydrogen-bond acceptors (Lipinski definition) is 4. The van der Waals surface area contributed by atoms with Gasteiger partial charge in [0.05, 0.1) is 17.4 Å². The zero-order valence-corrected chi connectivity index (χ0v) is 16.9. The first-order valence-corrected chi connectivity index (χ1v) is 10.6. The zero-order valence-electron chi connectivity index (χ0n) is 16.9. The molecule has 5 rings (SSSR count). The fourth-order valence-corrected chi connectivity index (χ4v) is 4.88. The van der Waals surface area contributed by atoms with E-state index in [1.54, 1.807) is 4.52 Å². The van der Waals surface area contributed by atoms with Crippen LogP contribution in [0, 0.1) is 11.8 Å². The quantitative estimate of drug-likeness (QED) is 0.881. The number of fused-ring (bicyclic) bond motifs is 2. The molecule has 28 heavy (non-hydrogen) atoms. The number of carbonyl (C=O) groups is 1. The Labute approximate surface area is 164 Å².